The van der Waals surface area contributed by atoms with E-state index in [1.165, 1.54) is 19.2 Å². The Morgan fingerprint density at radius 2 is 2.10 bits per heavy atom. The second-order valence-electron chi connectivity index (χ2n) is 4.23. The number of rotatable bonds is 3. The number of benzene rings is 1. The van der Waals surface area contributed by atoms with Crippen LogP contribution in [0.2, 0.25) is 0 Å². The van der Waals surface area contributed by atoms with E-state index in [1.807, 2.05) is 0 Å². The molecule has 0 fully saturated rings. The minimum absolute atomic E-state index is 0.0967. The number of esters is 1. The summed E-state index contributed by atoms with van der Waals surface area (Å²) in [5.41, 5.74) is 1.03. The molecule has 7 heteroatoms. The maximum absolute atomic E-state index is 11.7. The number of carbonyl (C=O) groups excluding carboxylic acids is 1. The summed E-state index contributed by atoms with van der Waals surface area (Å²) in [4.78, 5) is 22.4. The zero-order valence-electron chi connectivity index (χ0n) is 11.2. The lowest BCUT2D eigenvalue weighted by atomic mass is 10.0. The average molecular weight is 276 g/mol. The Bertz CT molecular complexity index is 690. The number of aryl methyl sites for hydroxylation is 2. The van der Waals surface area contributed by atoms with E-state index in [1.54, 1.807) is 19.9 Å². The van der Waals surface area contributed by atoms with Crippen LogP contribution < -0.4 is 0 Å². The summed E-state index contributed by atoms with van der Waals surface area (Å²) in [6.07, 6.45) is 0. The molecule has 0 aliphatic rings. The molecule has 0 N–H and O–H groups in total. The molecule has 0 saturated carbocycles. The highest BCUT2D eigenvalue weighted by Gasteiger charge is 2.27. The molecule has 0 bridgehead atoms. The van der Waals surface area contributed by atoms with Gasteiger partial charge in [0.05, 0.1) is 17.6 Å². The fourth-order valence-corrected chi connectivity index (χ4v) is 1.89. The standard InChI is InChI=1S/C13H12N2O5/c1-7-4-5-9(10(6-7)15(17)18)12-11(13(16)19-3)8(2)20-14-12/h4-6H,1-3H3. The highest BCUT2D eigenvalue weighted by atomic mass is 16.6. The summed E-state index contributed by atoms with van der Waals surface area (Å²) < 4.78 is 9.62. The summed E-state index contributed by atoms with van der Waals surface area (Å²) >= 11 is 0. The monoisotopic (exact) mass is 276 g/mol. The van der Waals surface area contributed by atoms with Crippen LogP contribution in [0.25, 0.3) is 11.3 Å². The number of nitro groups is 1. The van der Waals surface area contributed by atoms with Gasteiger partial charge >= 0.3 is 5.97 Å². The van der Waals surface area contributed by atoms with Gasteiger partial charge in [-0.05, 0) is 25.5 Å². The third kappa shape index (κ3) is 2.25. The van der Waals surface area contributed by atoms with Gasteiger partial charge in [0.25, 0.3) is 5.69 Å². The summed E-state index contributed by atoms with van der Waals surface area (Å²) in [7, 11) is 1.22. The van der Waals surface area contributed by atoms with Crippen LogP contribution in [-0.4, -0.2) is 23.2 Å². The highest BCUT2D eigenvalue weighted by molar-refractivity contribution is 5.98. The maximum atomic E-state index is 11.7. The fourth-order valence-electron chi connectivity index (χ4n) is 1.89. The molecule has 0 saturated heterocycles. The van der Waals surface area contributed by atoms with Crippen molar-refractivity contribution in [1.29, 1.82) is 0 Å². The summed E-state index contributed by atoms with van der Waals surface area (Å²) in [6.45, 7) is 3.29. The Morgan fingerprint density at radius 3 is 2.70 bits per heavy atom. The van der Waals surface area contributed by atoms with Gasteiger partial charge in [0.1, 0.15) is 17.0 Å². The van der Waals surface area contributed by atoms with Crippen LogP contribution in [0.5, 0.6) is 0 Å². The van der Waals surface area contributed by atoms with Crippen LogP contribution in [0.4, 0.5) is 5.69 Å². The van der Waals surface area contributed by atoms with E-state index in [2.05, 4.69) is 9.89 Å². The number of aromatic nitrogens is 1. The van der Waals surface area contributed by atoms with Gasteiger partial charge in [0.2, 0.25) is 0 Å². The van der Waals surface area contributed by atoms with E-state index < -0.39 is 10.9 Å². The number of carbonyl (C=O) groups is 1. The molecule has 0 unspecified atom stereocenters. The van der Waals surface area contributed by atoms with Gasteiger partial charge in [-0.2, -0.15) is 0 Å². The van der Waals surface area contributed by atoms with Gasteiger partial charge < -0.3 is 9.26 Å². The van der Waals surface area contributed by atoms with Gasteiger partial charge in [-0.15, -0.1) is 0 Å². The lowest BCUT2D eigenvalue weighted by Crippen LogP contribution is -2.04. The van der Waals surface area contributed by atoms with Crippen molar-refractivity contribution in [3.05, 3.63) is 45.2 Å². The van der Waals surface area contributed by atoms with Crippen LogP contribution in [0, 0.1) is 24.0 Å². The van der Waals surface area contributed by atoms with Gasteiger partial charge in [-0.3, -0.25) is 10.1 Å². The third-order valence-corrected chi connectivity index (χ3v) is 2.86. The minimum atomic E-state index is -0.645. The molecule has 104 valence electrons. The van der Waals surface area contributed by atoms with Gasteiger partial charge in [0.15, 0.2) is 0 Å². The Kier molecular flexibility index (Phi) is 3.51. The van der Waals surface area contributed by atoms with Crippen molar-refractivity contribution in [2.75, 3.05) is 7.11 Å². The van der Waals surface area contributed by atoms with Crippen molar-refractivity contribution >= 4 is 11.7 Å². The normalized spacial score (nSPS) is 10.3. The molecule has 20 heavy (non-hydrogen) atoms. The third-order valence-electron chi connectivity index (χ3n) is 2.86. The molecule has 2 rings (SSSR count). The quantitative estimate of drug-likeness (QED) is 0.485. The second kappa shape index (κ2) is 5.12. The van der Waals surface area contributed by atoms with Crippen molar-refractivity contribution in [3.8, 4) is 11.3 Å². The van der Waals surface area contributed by atoms with E-state index >= 15 is 0 Å². The number of hydrogen-bond donors (Lipinski definition) is 0. The van der Waals surface area contributed by atoms with Crippen LogP contribution in [0.3, 0.4) is 0 Å². The largest absolute Gasteiger partial charge is 0.465 e. The second-order valence-corrected chi connectivity index (χ2v) is 4.23. The van der Waals surface area contributed by atoms with Crippen LogP contribution in [0.15, 0.2) is 22.7 Å². The first-order chi connectivity index (χ1) is 9.45. The van der Waals surface area contributed by atoms with Crippen molar-refractivity contribution in [2.45, 2.75) is 13.8 Å². The molecule has 0 aliphatic carbocycles. The zero-order valence-corrected chi connectivity index (χ0v) is 11.2. The van der Waals surface area contributed by atoms with E-state index in [-0.39, 0.29) is 28.3 Å². The van der Waals surface area contributed by atoms with Crippen molar-refractivity contribution < 1.29 is 19.0 Å². The molecule has 0 amide bonds. The molecule has 0 atom stereocenters. The Balaban J connectivity index is 2.69. The van der Waals surface area contributed by atoms with Gasteiger partial charge in [0, 0.05) is 6.07 Å². The van der Waals surface area contributed by atoms with Crippen molar-refractivity contribution in [1.82, 2.24) is 5.16 Å². The molecule has 1 heterocycles. The van der Waals surface area contributed by atoms with Crippen LogP contribution in [0.1, 0.15) is 21.7 Å². The lowest BCUT2D eigenvalue weighted by molar-refractivity contribution is -0.384. The molecule has 0 spiro atoms. The molecule has 1 aromatic heterocycles. The lowest BCUT2D eigenvalue weighted by Gasteiger charge is -2.03. The smallest absolute Gasteiger partial charge is 0.343 e. The van der Waals surface area contributed by atoms with Crippen molar-refractivity contribution in [3.63, 3.8) is 0 Å². The van der Waals surface area contributed by atoms with Crippen LogP contribution in [-0.2, 0) is 4.74 Å². The predicted octanol–water partition coefficient (Wildman–Crippen LogP) is 2.65. The first kappa shape index (κ1) is 13.7. The first-order valence-corrected chi connectivity index (χ1v) is 5.75. The molecule has 0 radical (unpaired) electrons. The van der Waals surface area contributed by atoms with E-state index in [4.69, 9.17) is 4.52 Å². The summed E-state index contributed by atoms with van der Waals surface area (Å²) in [6, 6.07) is 4.66. The SMILES string of the molecule is COC(=O)c1c(-c2ccc(C)cc2[N+](=O)[O-])noc1C. The first-order valence-electron chi connectivity index (χ1n) is 5.75. The van der Waals surface area contributed by atoms with E-state index in [0.717, 1.165) is 5.56 Å². The molecule has 2 aromatic rings. The topological polar surface area (TPSA) is 95.5 Å². The molecule has 7 nitrogen and oxygen atoms in total. The molecule has 0 aliphatic heterocycles. The Labute approximate surface area is 114 Å². The van der Waals surface area contributed by atoms with E-state index in [0.29, 0.717) is 0 Å². The summed E-state index contributed by atoms with van der Waals surface area (Å²) in [5.74, 6) is -0.393. The van der Waals surface area contributed by atoms with Crippen LogP contribution >= 0.6 is 0 Å². The Morgan fingerprint density at radius 1 is 1.40 bits per heavy atom. The predicted molar refractivity (Wildman–Crippen MR) is 69.4 cm³/mol. The van der Waals surface area contributed by atoms with Gasteiger partial charge in [-0.25, -0.2) is 4.79 Å². The fraction of sp³-hybridized carbons (Fsp3) is 0.231. The molecule has 1 aromatic carbocycles. The average Bonchev–Trinajstić information content (AvgIpc) is 2.79. The van der Waals surface area contributed by atoms with Crippen molar-refractivity contribution in [2.24, 2.45) is 0 Å². The molecular formula is C13H12N2O5. The summed E-state index contributed by atoms with van der Waals surface area (Å²) in [5, 5.41) is 14.9. The number of nitrogens with zero attached hydrogens (tertiary/aromatic N) is 2. The maximum Gasteiger partial charge on any atom is 0.343 e. The Hall–Kier alpha value is -2.70. The molecular weight excluding hydrogens is 264 g/mol. The number of methoxy groups -OCH3 is 1. The number of hydrogen-bond acceptors (Lipinski definition) is 6. The number of ether oxygens (including phenoxy) is 1. The zero-order chi connectivity index (χ0) is 14.9. The van der Waals surface area contributed by atoms with E-state index in [9.17, 15) is 14.9 Å². The minimum Gasteiger partial charge on any atom is -0.465 e. The highest BCUT2D eigenvalue weighted by Crippen LogP contribution is 2.33. The number of nitro benzene ring substituents is 1. The van der Waals surface area contributed by atoms with Gasteiger partial charge in [-0.1, -0.05) is 11.2 Å².